The Hall–Kier alpha value is -1.73. The van der Waals surface area contributed by atoms with Crippen LogP contribution in [0.15, 0.2) is 6.20 Å². The molecule has 1 aliphatic carbocycles. The molecule has 3 heterocycles. The Morgan fingerprint density at radius 2 is 2.08 bits per heavy atom. The van der Waals surface area contributed by atoms with Gasteiger partial charge in [-0.2, -0.15) is 5.10 Å². The molecule has 7 nitrogen and oxygen atoms in total. The standard InChI is InChI=1S/C18H28N6O/c1-13-8-17-20-21-18(12-25-11-15-4-5-15)24(17)7-6-23(13)10-16-9-19-22(3)14(16)2/h9,13,15H,4-8,10-12H2,1-3H3. The summed E-state index contributed by atoms with van der Waals surface area (Å²) in [5.41, 5.74) is 2.55. The van der Waals surface area contributed by atoms with Gasteiger partial charge < -0.3 is 9.30 Å². The number of ether oxygens (including phenoxy) is 1. The van der Waals surface area contributed by atoms with Crippen LogP contribution in [0.1, 0.15) is 42.7 Å². The van der Waals surface area contributed by atoms with Crippen molar-refractivity contribution in [3.63, 3.8) is 0 Å². The third kappa shape index (κ3) is 3.62. The lowest BCUT2D eigenvalue weighted by molar-refractivity contribution is 0.103. The van der Waals surface area contributed by atoms with E-state index in [1.165, 1.54) is 24.1 Å². The molecule has 4 rings (SSSR count). The normalized spacial score (nSPS) is 21.3. The predicted octanol–water partition coefficient (Wildman–Crippen LogP) is 1.69. The number of aromatic nitrogens is 5. The lowest BCUT2D eigenvalue weighted by Gasteiger charge is -2.26. The van der Waals surface area contributed by atoms with Crippen LogP contribution in [0, 0.1) is 12.8 Å². The predicted molar refractivity (Wildman–Crippen MR) is 93.9 cm³/mol. The minimum Gasteiger partial charge on any atom is -0.373 e. The van der Waals surface area contributed by atoms with Gasteiger partial charge in [-0.1, -0.05) is 0 Å². The first kappa shape index (κ1) is 16.7. The third-order valence-corrected chi connectivity index (χ3v) is 5.61. The average molecular weight is 344 g/mol. The number of hydrogen-bond donors (Lipinski definition) is 0. The molecule has 1 aliphatic heterocycles. The van der Waals surface area contributed by atoms with Crippen LogP contribution in [0.25, 0.3) is 0 Å². The molecule has 1 atom stereocenters. The summed E-state index contributed by atoms with van der Waals surface area (Å²) in [7, 11) is 2.00. The SMILES string of the molecule is Cc1c(CN2CCn3c(COCC4CC4)nnc3CC2C)cnn1C. The van der Waals surface area contributed by atoms with E-state index in [1.807, 2.05) is 17.9 Å². The maximum absolute atomic E-state index is 5.83. The second-order valence-corrected chi connectivity index (χ2v) is 7.55. The van der Waals surface area contributed by atoms with Crippen molar-refractivity contribution in [3.8, 4) is 0 Å². The van der Waals surface area contributed by atoms with Crippen molar-refractivity contribution in [2.24, 2.45) is 13.0 Å². The zero-order valence-corrected chi connectivity index (χ0v) is 15.5. The zero-order valence-electron chi connectivity index (χ0n) is 15.5. The van der Waals surface area contributed by atoms with Crippen molar-refractivity contribution in [3.05, 3.63) is 29.1 Å². The van der Waals surface area contributed by atoms with Crippen LogP contribution >= 0.6 is 0 Å². The fourth-order valence-electron chi connectivity index (χ4n) is 3.48. The third-order valence-electron chi connectivity index (χ3n) is 5.61. The Labute approximate surface area is 149 Å². The van der Waals surface area contributed by atoms with Crippen LogP contribution in [-0.4, -0.2) is 48.6 Å². The molecular formula is C18H28N6O. The summed E-state index contributed by atoms with van der Waals surface area (Å²) in [6.07, 6.45) is 5.55. The highest BCUT2D eigenvalue weighted by atomic mass is 16.5. The van der Waals surface area contributed by atoms with E-state index in [2.05, 4.69) is 38.6 Å². The molecule has 0 N–H and O–H groups in total. The van der Waals surface area contributed by atoms with Gasteiger partial charge in [0.15, 0.2) is 5.82 Å². The van der Waals surface area contributed by atoms with E-state index in [-0.39, 0.29) is 0 Å². The maximum Gasteiger partial charge on any atom is 0.159 e. The van der Waals surface area contributed by atoms with Crippen molar-refractivity contribution in [2.75, 3.05) is 13.2 Å². The van der Waals surface area contributed by atoms with Gasteiger partial charge >= 0.3 is 0 Å². The molecule has 0 bridgehead atoms. The fourth-order valence-corrected chi connectivity index (χ4v) is 3.48. The van der Waals surface area contributed by atoms with Gasteiger partial charge in [0.2, 0.25) is 0 Å². The molecule has 0 spiro atoms. The Balaban J connectivity index is 1.41. The lowest BCUT2D eigenvalue weighted by Crippen LogP contribution is -2.34. The van der Waals surface area contributed by atoms with Gasteiger partial charge in [0, 0.05) is 57.0 Å². The molecule has 0 saturated heterocycles. The molecule has 136 valence electrons. The molecule has 2 aliphatic rings. The van der Waals surface area contributed by atoms with Gasteiger partial charge in [0.1, 0.15) is 12.4 Å². The number of hydrogen-bond acceptors (Lipinski definition) is 5. The highest BCUT2D eigenvalue weighted by Gasteiger charge is 2.25. The maximum atomic E-state index is 5.83. The quantitative estimate of drug-likeness (QED) is 0.798. The topological polar surface area (TPSA) is 61.0 Å². The molecule has 2 aromatic rings. The summed E-state index contributed by atoms with van der Waals surface area (Å²) >= 11 is 0. The van der Waals surface area contributed by atoms with Gasteiger partial charge in [-0.05, 0) is 32.6 Å². The molecule has 1 fully saturated rings. The molecule has 0 aromatic carbocycles. The Kier molecular flexibility index (Phi) is 4.60. The van der Waals surface area contributed by atoms with Crippen LogP contribution in [0.4, 0.5) is 0 Å². The fraction of sp³-hybridized carbons (Fsp3) is 0.722. The first-order valence-corrected chi connectivity index (χ1v) is 9.32. The number of fused-ring (bicyclic) bond motifs is 1. The van der Waals surface area contributed by atoms with E-state index >= 15 is 0 Å². The van der Waals surface area contributed by atoms with Crippen molar-refractivity contribution < 1.29 is 4.74 Å². The van der Waals surface area contributed by atoms with Gasteiger partial charge in [-0.25, -0.2) is 0 Å². The smallest absolute Gasteiger partial charge is 0.159 e. The van der Waals surface area contributed by atoms with Crippen LogP contribution in [0.2, 0.25) is 0 Å². The van der Waals surface area contributed by atoms with E-state index in [9.17, 15) is 0 Å². The molecule has 1 saturated carbocycles. The van der Waals surface area contributed by atoms with E-state index in [4.69, 9.17) is 4.74 Å². The van der Waals surface area contributed by atoms with Crippen molar-refractivity contribution >= 4 is 0 Å². The van der Waals surface area contributed by atoms with Crippen LogP contribution in [0.5, 0.6) is 0 Å². The first-order valence-electron chi connectivity index (χ1n) is 9.32. The molecular weight excluding hydrogens is 316 g/mol. The molecule has 2 aromatic heterocycles. The molecule has 0 radical (unpaired) electrons. The Bertz CT molecular complexity index is 732. The number of nitrogens with zero attached hydrogens (tertiary/aromatic N) is 6. The Morgan fingerprint density at radius 3 is 2.80 bits per heavy atom. The monoisotopic (exact) mass is 344 g/mol. The van der Waals surface area contributed by atoms with Crippen molar-refractivity contribution in [1.29, 1.82) is 0 Å². The summed E-state index contributed by atoms with van der Waals surface area (Å²) in [6.45, 7) is 8.72. The number of rotatable bonds is 6. The minimum absolute atomic E-state index is 0.435. The summed E-state index contributed by atoms with van der Waals surface area (Å²) in [4.78, 5) is 2.52. The Morgan fingerprint density at radius 1 is 1.24 bits per heavy atom. The first-order chi connectivity index (χ1) is 12.1. The molecule has 1 unspecified atom stereocenters. The number of aryl methyl sites for hydroxylation is 1. The van der Waals surface area contributed by atoms with Gasteiger partial charge in [-0.3, -0.25) is 9.58 Å². The molecule has 0 amide bonds. The molecule has 7 heteroatoms. The highest BCUT2D eigenvalue weighted by Crippen LogP contribution is 2.29. The minimum atomic E-state index is 0.435. The summed E-state index contributed by atoms with van der Waals surface area (Å²) in [5, 5.41) is 13.2. The van der Waals surface area contributed by atoms with E-state index in [0.717, 1.165) is 50.2 Å². The van der Waals surface area contributed by atoms with Gasteiger partial charge in [0.05, 0.1) is 6.20 Å². The average Bonchev–Trinajstić information content (AvgIpc) is 3.30. The van der Waals surface area contributed by atoms with E-state index in [0.29, 0.717) is 12.6 Å². The second-order valence-electron chi connectivity index (χ2n) is 7.55. The van der Waals surface area contributed by atoms with Crippen molar-refractivity contribution in [2.45, 2.75) is 58.8 Å². The van der Waals surface area contributed by atoms with Crippen LogP contribution < -0.4 is 0 Å². The second kappa shape index (κ2) is 6.88. The van der Waals surface area contributed by atoms with Crippen molar-refractivity contribution in [1.82, 2.24) is 29.4 Å². The van der Waals surface area contributed by atoms with E-state index in [1.54, 1.807) is 0 Å². The largest absolute Gasteiger partial charge is 0.373 e. The molecule has 25 heavy (non-hydrogen) atoms. The van der Waals surface area contributed by atoms with E-state index < -0.39 is 0 Å². The van der Waals surface area contributed by atoms with Gasteiger partial charge in [-0.15, -0.1) is 10.2 Å². The summed E-state index contributed by atoms with van der Waals surface area (Å²) in [6, 6.07) is 0.435. The zero-order chi connectivity index (χ0) is 17.4. The van der Waals surface area contributed by atoms with Crippen LogP contribution in [-0.2, 0) is 37.9 Å². The van der Waals surface area contributed by atoms with Crippen LogP contribution in [0.3, 0.4) is 0 Å². The lowest BCUT2D eigenvalue weighted by atomic mass is 10.1. The highest BCUT2D eigenvalue weighted by molar-refractivity contribution is 5.16. The summed E-state index contributed by atoms with van der Waals surface area (Å²) < 4.78 is 10.0. The summed E-state index contributed by atoms with van der Waals surface area (Å²) in [5.74, 6) is 2.84. The van der Waals surface area contributed by atoms with Gasteiger partial charge in [0.25, 0.3) is 0 Å².